The topological polar surface area (TPSA) is 38.5 Å². The molecule has 0 aliphatic rings. The summed E-state index contributed by atoms with van der Waals surface area (Å²) in [7, 11) is 1.70. The Balaban J connectivity index is 0.000000603. The van der Waals surface area contributed by atoms with Crippen LogP contribution in [0, 0.1) is 20.8 Å². The lowest BCUT2D eigenvalue weighted by molar-refractivity contribution is 0.414. The maximum atomic E-state index is 5.59. The average molecular weight is 685 g/mol. The van der Waals surface area contributed by atoms with Crippen molar-refractivity contribution >= 4 is 47.1 Å². The number of rotatable bonds is 10. The predicted molar refractivity (Wildman–Crippen MR) is 231 cm³/mol. The minimum atomic E-state index is 0. The number of anilines is 4. The molecule has 3 nitrogen and oxygen atoms in total. The normalized spacial score (nSPS) is 11.1. The van der Waals surface area contributed by atoms with E-state index < -0.39 is 0 Å². The van der Waals surface area contributed by atoms with Gasteiger partial charge in [-0.05, 0) is 103 Å². The maximum absolute atomic E-state index is 5.59. The summed E-state index contributed by atoms with van der Waals surface area (Å²) in [6.07, 6.45) is 16.8. The fourth-order valence-corrected chi connectivity index (χ4v) is 5.52. The molecule has 6 rings (SSSR count). The number of ether oxygens (including phenoxy) is 1. The van der Waals surface area contributed by atoms with Crippen molar-refractivity contribution in [1.82, 2.24) is 0 Å². The molecule has 0 unspecified atom stereocenters. The fraction of sp³-hybridized carbons (Fsp3) is 0.102. The molecule has 0 spiro atoms. The molecule has 3 heteroatoms. The van der Waals surface area contributed by atoms with E-state index in [4.69, 9.17) is 10.5 Å². The van der Waals surface area contributed by atoms with Gasteiger partial charge in [0.1, 0.15) is 5.75 Å². The van der Waals surface area contributed by atoms with Crippen LogP contribution in [0.25, 0.3) is 24.3 Å². The monoisotopic (exact) mass is 684 g/mol. The van der Waals surface area contributed by atoms with Gasteiger partial charge in [0, 0.05) is 24.2 Å². The Morgan fingerprint density at radius 1 is 0.500 bits per heavy atom. The van der Waals surface area contributed by atoms with Gasteiger partial charge >= 0.3 is 0 Å². The zero-order chi connectivity index (χ0) is 35.8. The van der Waals surface area contributed by atoms with Gasteiger partial charge in [-0.2, -0.15) is 0 Å². The van der Waals surface area contributed by atoms with E-state index in [1.54, 1.807) is 7.11 Å². The highest BCUT2D eigenvalue weighted by atomic mass is 16.5. The van der Waals surface area contributed by atoms with Crippen molar-refractivity contribution in [3.63, 3.8) is 0 Å². The van der Waals surface area contributed by atoms with E-state index in [1.165, 1.54) is 16.7 Å². The third-order valence-electron chi connectivity index (χ3n) is 8.35. The Bertz CT molecular complexity index is 1990. The van der Waals surface area contributed by atoms with E-state index in [2.05, 4.69) is 158 Å². The Labute approximate surface area is 312 Å². The summed E-state index contributed by atoms with van der Waals surface area (Å²) in [6, 6.07) is 50.2. The second-order valence-electron chi connectivity index (χ2n) is 12.3. The molecular formula is C49H52N2O. The number of benzene rings is 6. The molecule has 2 N–H and O–H groups in total. The van der Waals surface area contributed by atoms with Crippen LogP contribution in [0.3, 0.4) is 0 Å². The van der Waals surface area contributed by atoms with E-state index in [9.17, 15) is 0 Å². The van der Waals surface area contributed by atoms with Crippen molar-refractivity contribution in [3.8, 4) is 5.75 Å². The summed E-state index contributed by atoms with van der Waals surface area (Å²) in [4.78, 5) is 2.29. The number of allylic oxidation sites excluding steroid dienone is 4. The number of aryl methyl sites for hydroxylation is 3. The highest BCUT2D eigenvalue weighted by molar-refractivity contribution is 5.80. The standard InChI is InChI=1S/C40H35NO.C8H11N.CH4.H2/c1-32-31-39(42-2)29-30-40(32)41(37-25-21-35(22-26-37)19-11-9-17-33-13-5-3-6-14-33)38-27-23-36(24-28-38)20-12-10-18-34-15-7-4-8-16-34;1-6-3-4-8(9)7(2)5-6;;/h3-31H,1-2H3;3-5H,9H2,1-2H3;1H4;1H/b17-9+,18-10+,19-11+,20-12+;;;. The van der Waals surface area contributed by atoms with Crippen molar-refractivity contribution in [2.45, 2.75) is 28.2 Å². The van der Waals surface area contributed by atoms with Gasteiger partial charge in [0.2, 0.25) is 0 Å². The van der Waals surface area contributed by atoms with Crippen LogP contribution < -0.4 is 15.4 Å². The molecule has 0 fully saturated rings. The van der Waals surface area contributed by atoms with Gasteiger partial charge < -0.3 is 15.4 Å². The highest BCUT2D eigenvalue weighted by Crippen LogP contribution is 2.38. The molecule has 0 aliphatic heterocycles. The van der Waals surface area contributed by atoms with Crippen molar-refractivity contribution in [3.05, 3.63) is 209 Å². The van der Waals surface area contributed by atoms with Crippen LogP contribution in [0.15, 0.2) is 170 Å². The molecule has 6 aromatic carbocycles. The van der Waals surface area contributed by atoms with E-state index in [-0.39, 0.29) is 8.85 Å². The van der Waals surface area contributed by atoms with Gasteiger partial charge in [-0.3, -0.25) is 0 Å². The zero-order valence-corrected chi connectivity index (χ0v) is 29.9. The first kappa shape index (κ1) is 38.5. The van der Waals surface area contributed by atoms with Crippen LogP contribution in [0.5, 0.6) is 5.75 Å². The first-order chi connectivity index (χ1) is 24.9. The summed E-state index contributed by atoms with van der Waals surface area (Å²) >= 11 is 0. The maximum Gasteiger partial charge on any atom is 0.119 e. The molecule has 6 aromatic rings. The van der Waals surface area contributed by atoms with Crippen LogP contribution >= 0.6 is 0 Å². The molecule has 0 aliphatic carbocycles. The lowest BCUT2D eigenvalue weighted by atomic mass is 10.1. The van der Waals surface area contributed by atoms with Gasteiger partial charge in [0.05, 0.1) is 7.11 Å². The van der Waals surface area contributed by atoms with Crippen LogP contribution in [0.1, 0.15) is 47.8 Å². The third kappa shape index (κ3) is 11.4. The Hall–Kier alpha value is -6.32. The summed E-state index contributed by atoms with van der Waals surface area (Å²) in [5, 5.41) is 0. The molecule has 0 radical (unpaired) electrons. The quantitative estimate of drug-likeness (QED) is 0.115. The minimum Gasteiger partial charge on any atom is -0.497 e. The molecule has 0 atom stereocenters. The van der Waals surface area contributed by atoms with E-state index in [1.807, 2.05) is 61.5 Å². The summed E-state index contributed by atoms with van der Waals surface area (Å²) in [6.45, 7) is 6.20. The van der Waals surface area contributed by atoms with Crippen LogP contribution in [-0.2, 0) is 0 Å². The Morgan fingerprint density at radius 2 is 0.942 bits per heavy atom. The van der Waals surface area contributed by atoms with Gasteiger partial charge in [-0.1, -0.05) is 159 Å². The zero-order valence-electron chi connectivity index (χ0n) is 29.9. The first-order valence-electron chi connectivity index (χ1n) is 17.2. The molecule has 0 aromatic heterocycles. The van der Waals surface area contributed by atoms with Gasteiger partial charge in [0.25, 0.3) is 0 Å². The number of nitrogen functional groups attached to an aromatic ring is 1. The number of nitrogens with zero attached hydrogens (tertiary/aromatic N) is 1. The molecule has 0 saturated heterocycles. The summed E-state index contributed by atoms with van der Waals surface area (Å²) < 4.78 is 5.48. The minimum absolute atomic E-state index is 0. The van der Waals surface area contributed by atoms with E-state index >= 15 is 0 Å². The number of nitrogens with two attached hydrogens (primary N) is 1. The number of hydrogen-bond acceptors (Lipinski definition) is 3. The molecule has 264 valence electrons. The molecule has 0 heterocycles. The molecular weight excluding hydrogens is 633 g/mol. The van der Waals surface area contributed by atoms with E-state index in [0.717, 1.165) is 50.8 Å². The van der Waals surface area contributed by atoms with Gasteiger partial charge in [0.15, 0.2) is 0 Å². The molecule has 52 heavy (non-hydrogen) atoms. The SMILES string of the molecule is C.COc1ccc(N(c2ccc(/C=C/C=C/c3ccccc3)cc2)c2ccc(/C=C/C=C/c3ccccc3)cc2)c(C)c1.Cc1ccc(N)c(C)c1.[HH]. The molecule has 0 bridgehead atoms. The number of methoxy groups -OCH3 is 1. The van der Waals surface area contributed by atoms with Crippen LogP contribution in [0.2, 0.25) is 0 Å². The summed E-state index contributed by atoms with van der Waals surface area (Å²) in [5.74, 6) is 0.851. The average Bonchev–Trinajstić information content (AvgIpc) is 3.16. The largest absolute Gasteiger partial charge is 0.497 e. The van der Waals surface area contributed by atoms with Crippen molar-refractivity contribution in [2.75, 3.05) is 17.7 Å². The second kappa shape index (κ2) is 19.8. The molecule has 0 saturated carbocycles. The Morgan fingerprint density at radius 3 is 1.33 bits per heavy atom. The second-order valence-corrected chi connectivity index (χ2v) is 12.3. The van der Waals surface area contributed by atoms with Crippen molar-refractivity contribution < 1.29 is 6.16 Å². The van der Waals surface area contributed by atoms with Crippen LogP contribution in [0.4, 0.5) is 22.7 Å². The van der Waals surface area contributed by atoms with Crippen molar-refractivity contribution in [1.29, 1.82) is 0 Å². The molecule has 0 amide bonds. The van der Waals surface area contributed by atoms with Gasteiger partial charge in [-0.25, -0.2) is 0 Å². The first-order valence-corrected chi connectivity index (χ1v) is 17.2. The Kier molecular flexibility index (Phi) is 14.6. The summed E-state index contributed by atoms with van der Waals surface area (Å²) in [5.41, 5.74) is 18.0. The lowest BCUT2D eigenvalue weighted by Crippen LogP contribution is -2.11. The predicted octanol–water partition coefficient (Wildman–Crippen LogP) is 13.7. The fourth-order valence-electron chi connectivity index (χ4n) is 5.52. The third-order valence-corrected chi connectivity index (χ3v) is 8.35. The van der Waals surface area contributed by atoms with Crippen molar-refractivity contribution in [2.24, 2.45) is 0 Å². The van der Waals surface area contributed by atoms with Crippen LogP contribution in [-0.4, -0.2) is 7.11 Å². The van der Waals surface area contributed by atoms with E-state index in [0.29, 0.717) is 0 Å². The smallest absolute Gasteiger partial charge is 0.119 e. The highest BCUT2D eigenvalue weighted by Gasteiger charge is 2.15. The van der Waals surface area contributed by atoms with Gasteiger partial charge in [-0.15, -0.1) is 0 Å². The number of hydrogen-bond donors (Lipinski definition) is 1. The lowest BCUT2D eigenvalue weighted by Gasteiger charge is -2.27.